The van der Waals surface area contributed by atoms with Gasteiger partial charge in [0.2, 0.25) is 0 Å². The summed E-state index contributed by atoms with van der Waals surface area (Å²) >= 11 is 0. The van der Waals surface area contributed by atoms with Crippen LogP contribution in [0.2, 0.25) is 0 Å². The lowest BCUT2D eigenvalue weighted by molar-refractivity contribution is 0.0288. The number of fused-ring (bicyclic) bond motifs is 1. The van der Waals surface area contributed by atoms with Gasteiger partial charge in [-0.25, -0.2) is 0 Å². The van der Waals surface area contributed by atoms with Crippen LogP contribution in [0.4, 0.5) is 0 Å². The van der Waals surface area contributed by atoms with Crippen LogP contribution in [0, 0.1) is 0 Å². The first-order valence-corrected chi connectivity index (χ1v) is 6.39. The van der Waals surface area contributed by atoms with Crippen molar-refractivity contribution in [1.82, 2.24) is 10.3 Å². The Hall–Kier alpha value is -1.49. The highest BCUT2D eigenvalue weighted by Gasteiger charge is 2.06. The van der Waals surface area contributed by atoms with Crippen molar-refractivity contribution < 1.29 is 9.47 Å². The molecule has 102 valence electrons. The Balaban J connectivity index is 1.98. The minimum Gasteiger partial charge on any atom is -0.382 e. The van der Waals surface area contributed by atoms with Crippen molar-refractivity contribution in [2.75, 3.05) is 27.4 Å². The smallest absolute Gasteiger partial charge is 0.0928 e. The predicted octanol–water partition coefficient (Wildman–Crippen LogP) is 1.99. The van der Waals surface area contributed by atoms with Gasteiger partial charge in [0, 0.05) is 45.1 Å². The molecule has 1 N–H and O–H groups in total. The number of ether oxygens (including phenoxy) is 2. The summed E-state index contributed by atoms with van der Waals surface area (Å²) in [5.41, 5.74) is 1.20. The summed E-state index contributed by atoms with van der Waals surface area (Å²) in [6.45, 7) is 2.13. The molecule has 4 heteroatoms. The van der Waals surface area contributed by atoms with Crippen molar-refractivity contribution in [3.05, 3.63) is 42.2 Å². The van der Waals surface area contributed by atoms with Gasteiger partial charge >= 0.3 is 0 Å². The lowest BCUT2D eigenvalue weighted by Crippen LogP contribution is -2.31. The Morgan fingerprint density at radius 3 is 2.84 bits per heavy atom. The fourth-order valence-electron chi connectivity index (χ4n) is 2.08. The SMILES string of the molecule is COCC(CNCc1cncc2ccccc12)OC. The first kappa shape index (κ1) is 13.9. The van der Waals surface area contributed by atoms with Crippen molar-refractivity contribution in [2.24, 2.45) is 0 Å². The average molecular weight is 260 g/mol. The standard InChI is InChI=1S/C15H20N2O2/c1-18-11-14(19-2)10-17-9-13-8-16-7-12-5-3-4-6-15(12)13/h3-8,14,17H,9-11H2,1-2H3. The Morgan fingerprint density at radius 2 is 2.05 bits per heavy atom. The molecule has 0 saturated heterocycles. The third-order valence-corrected chi connectivity index (χ3v) is 3.12. The highest BCUT2D eigenvalue weighted by Crippen LogP contribution is 2.16. The van der Waals surface area contributed by atoms with Crippen molar-refractivity contribution in [3.8, 4) is 0 Å². The molecule has 0 aliphatic heterocycles. The van der Waals surface area contributed by atoms with Gasteiger partial charge in [-0.05, 0) is 10.9 Å². The van der Waals surface area contributed by atoms with Crippen molar-refractivity contribution in [2.45, 2.75) is 12.6 Å². The average Bonchev–Trinajstić information content (AvgIpc) is 2.46. The maximum Gasteiger partial charge on any atom is 0.0928 e. The van der Waals surface area contributed by atoms with Crippen LogP contribution in [0.5, 0.6) is 0 Å². The number of rotatable bonds is 7. The molecular weight excluding hydrogens is 240 g/mol. The van der Waals surface area contributed by atoms with E-state index in [1.165, 1.54) is 16.3 Å². The van der Waals surface area contributed by atoms with E-state index in [4.69, 9.17) is 9.47 Å². The van der Waals surface area contributed by atoms with E-state index in [1.54, 1.807) is 14.2 Å². The summed E-state index contributed by atoms with van der Waals surface area (Å²) in [5, 5.41) is 5.79. The Bertz CT molecular complexity index is 511. The van der Waals surface area contributed by atoms with Gasteiger partial charge in [0.15, 0.2) is 0 Å². The van der Waals surface area contributed by atoms with Crippen LogP contribution in [-0.2, 0) is 16.0 Å². The number of methoxy groups -OCH3 is 2. The van der Waals surface area contributed by atoms with Crippen LogP contribution in [0.25, 0.3) is 10.8 Å². The van der Waals surface area contributed by atoms with Gasteiger partial charge in [-0.1, -0.05) is 24.3 Å². The Morgan fingerprint density at radius 1 is 1.21 bits per heavy atom. The monoisotopic (exact) mass is 260 g/mol. The highest BCUT2D eigenvalue weighted by atomic mass is 16.5. The molecule has 1 aromatic carbocycles. The molecule has 1 heterocycles. The number of hydrogen-bond acceptors (Lipinski definition) is 4. The quantitative estimate of drug-likeness (QED) is 0.826. The maximum absolute atomic E-state index is 5.31. The van der Waals surface area contributed by atoms with Gasteiger partial charge in [-0.15, -0.1) is 0 Å². The van der Waals surface area contributed by atoms with E-state index in [0.29, 0.717) is 6.61 Å². The second-order valence-corrected chi connectivity index (χ2v) is 4.46. The third-order valence-electron chi connectivity index (χ3n) is 3.12. The molecule has 1 aromatic heterocycles. The molecule has 0 fully saturated rings. The van der Waals surface area contributed by atoms with E-state index in [9.17, 15) is 0 Å². The fraction of sp³-hybridized carbons (Fsp3) is 0.400. The summed E-state index contributed by atoms with van der Waals surface area (Å²) in [6.07, 6.45) is 3.88. The highest BCUT2D eigenvalue weighted by molar-refractivity contribution is 5.84. The van der Waals surface area contributed by atoms with Gasteiger partial charge in [0.25, 0.3) is 0 Å². The van der Waals surface area contributed by atoms with Gasteiger partial charge in [-0.2, -0.15) is 0 Å². The van der Waals surface area contributed by atoms with Crippen LogP contribution in [-0.4, -0.2) is 38.5 Å². The molecule has 0 aliphatic carbocycles. The van der Waals surface area contributed by atoms with Gasteiger partial charge in [0.1, 0.15) is 0 Å². The van der Waals surface area contributed by atoms with E-state index in [-0.39, 0.29) is 6.10 Å². The molecule has 19 heavy (non-hydrogen) atoms. The Labute approximate surface area is 113 Å². The molecule has 4 nitrogen and oxygen atoms in total. The number of nitrogens with zero attached hydrogens (tertiary/aromatic N) is 1. The zero-order valence-electron chi connectivity index (χ0n) is 11.4. The number of benzene rings is 1. The minimum atomic E-state index is 0.0768. The van der Waals surface area contributed by atoms with Crippen LogP contribution in [0.1, 0.15) is 5.56 Å². The molecule has 2 rings (SSSR count). The lowest BCUT2D eigenvalue weighted by Gasteiger charge is -2.15. The molecule has 0 bridgehead atoms. The molecule has 2 aromatic rings. The summed E-state index contributed by atoms with van der Waals surface area (Å²) < 4.78 is 10.4. The molecule has 0 aliphatic rings. The van der Waals surface area contributed by atoms with E-state index in [1.807, 2.05) is 18.5 Å². The van der Waals surface area contributed by atoms with Crippen molar-refractivity contribution in [3.63, 3.8) is 0 Å². The first-order valence-electron chi connectivity index (χ1n) is 6.39. The zero-order valence-corrected chi connectivity index (χ0v) is 11.4. The Kier molecular flexibility index (Phi) is 5.27. The van der Waals surface area contributed by atoms with Crippen molar-refractivity contribution in [1.29, 1.82) is 0 Å². The number of pyridine rings is 1. The molecule has 0 radical (unpaired) electrons. The second kappa shape index (κ2) is 7.19. The van der Waals surface area contributed by atoms with E-state index < -0.39 is 0 Å². The largest absolute Gasteiger partial charge is 0.382 e. The lowest BCUT2D eigenvalue weighted by atomic mass is 10.1. The van der Waals surface area contributed by atoms with Gasteiger partial charge in [-0.3, -0.25) is 4.98 Å². The summed E-state index contributed by atoms with van der Waals surface area (Å²) in [7, 11) is 3.38. The molecule has 1 unspecified atom stereocenters. The fourth-order valence-corrected chi connectivity index (χ4v) is 2.08. The van der Waals surface area contributed by atoms with Crippen LogP contribution in [0.15, 0.2) is 36.7 Å². The number of aromatic nitrogens is 1. The zero-order chi connectivity index (χ0) is 13.5. The van der Waals surface area contributed by atoms with Crippen LogP contribution < -0.4 is 5.32 Å². The second-order valence-electron chi connectivity index (χ2n) is 4.46. The minimum absolute atomic E-state index is 0.0768. The maximum atomic E-state index is 5.31. The molecule has 0 spiro atoms. The predicted molar refractivity (Wildman–Crippen MR) is 76.1 cm³/mol. The molecule has 0 saturated carbocycles. The molecular formula is C15H20N2O2. The van der Waals surface area contributed by atoms with Gasteiger partial charge in [0.05, 0.1) is 12.7 Å². The van der Waals surface area contributed by atoms with E-state index in [2.05, 4.69) is 28.5 Å². The summed E-state index contributed by atoms with van der Waals surface area (Å²) in [5.74, 6) is 0. The van der Waals surface area contributed by atoms with E-state index in [0.717, 1.165) is 13.1 Å². The van der Waals surface area contributed by atoms with E-state index >= 15 is 0 Å². The first-order chi connectivity index (χ1) is 9.35. The van der Waals surface area contributed by atoms with Crippen molar-refractivity contribution >= 4 is 10.8 Å². The molecule has 1 atom stereocenters. The number of nitrogens with one attached hydrogen (secondary N) is 1. The normalized spacial score (nSPS) is 12.7. The topological polar surface area (TPSA) is 43.4 Å². The van der Waals surface area contributed by atoms with Crippen LogP contribution in [0.3, 0.4) is 0 Å². The summed E-state index contributed by atoms with van der Waals surface area (Å²) in [4.78, 5) is 4.27. The third kappa shape index (κ3) is 3.73. The van der Waals surface area contributed by atoms with Gasteiger partial charge < -0.3 is 14.8 Å². The molecule has 0 amide bonds. The summed E-state index contributed by atoms with van der Waals surface area (Å²) in [6, 6.07) is 8.28. The number of hydrogen-bond donors (Lipinski definition) is 1. The van der Waals surface area contributed by atoms with Crippen LogP contribution >= 0.6 is 0 Å².